The molecule has 0 spiro atoms. The van der Waals surface area contributed by atoms with Gasteiger partial charge in [-0.25, -0.2) is 0 Å². The van der Waals surface area contributed by atoms with E-state index < -0.39 is 0 Å². The fourth-order valence-electron chi connectivity index (χ4n) is 6.95. The molecule has 5 unspecified atom stereocenters. The van der Waals surface area contributed by atoms with Gasteiger partial charge >= 0.3 is 0 Å². The number of nitrogens with two attached hydrogens (primary N) is 1. The monoisotopic (exact) mass is 361 g/mol. The summed E-state index contributed by atoms with van der Waals surface area (Å²) < 4.78 is 0. The third-order valence-electron chi connectivity index (χ3n) is 7.86. The van der Waals surface area contributed by atoms with Crippen molar-refractivity contribution in [2.24, 2.45) is 28.9 Å². The van der Waals surface area contributed by atoms with Gasteiger partial charge in [0.15, 0.2) is 0 Å². The summed E-state index contributed by atoms with van der Waals surface area (Å²) in [5, 5.41) is 0. The molecule has 2 aromatic carbocycles. The highest BCUT2D eigenvalue weighted by atomic mass is 32.1. The lowest BCUT2D eigenvalue weighted by atomic mass is 9.61. The van der Waals surface area contributed by atoms with Crippen LogP contribution in [0.3, 0.4) is 0 Å². The average Bonchev–Trinajstić information content (AvgIpc) is 3.05. The first kappa shape index (κ1) is 16.5. The minimum absolute atomic E-state index is 0.120. The first-order valence-electron chi connectivity index (χ1n) is 10.0. The number of hydrogen-bond acceptors (Lipinski definition) is 1. The Balaban J connectivity index is 1.44. The highest BCUT2D eigenvalue weighted by Crippen LogP contribution is 2.73. The summed E-state index contributed by atoms with van der Waals surface area (Å²) in [5.74, 6) is 2.26. The molecule has 0 saturated heterocycles. The minimum atomic E-state index is 0.120. The fraction of sp³-hybridized carbons (Fsp3) is 0.458. The number of aryl methyl sites for hydroxylation is 1. The maximum atomic E-state index is 6.39. The van der Waals surface area contributed by atoms with Crippen LogP contribution >= 0.6 is 12.2 Å². The normalized spacial score (nSPS) is 37.2. The molecule has 4 aliphatic carbocycles. The Bertz CT molecular complexity index is 817. The van der Waals surface area contributed by atoms with Gasteiger partial charge < -0.3 is 5.73 Å². The van der Waals surface area contributed by atoms with Crippen molar-refractivity contribution in [2.45, 2.75) is 43.9 Å². The Hall–Kier alpha value is -1.67. The lowest BCUT2D eigenvalue weighted by Gasteiger charge is -2.43. The molecule has 4 bridgehead atoms. The van der Waals surface area contributed by atoms with E-state index >= 15 is 0 Å². The van der Waals surface area contributed by atoms with Gasteiger partial charge in [0.1, 0.15) is 0 Å². The highest BCUT2D eigenvalue weighted by molar-refractivity contribution is 7.80. The maximum Gasteiger partial charge on any atom is 0.0793 e. The second-order valence-corrected chi connectivity index (χ2v) is 9.45. The highest BCUT2D eigenvalue weighted by Gasteiger charge is 2.68. The molecule has 26 heavy (non-hydrogen) atoms. The molecular formula is C24H27NS. The average molecular weight is 362 g/mol. The Labute approximate surface area is 162 Å². The maximum absolute atomic E-state index is 6.39. The van der Waals surface area contributed by atoms with Crippen LogP contribution in [0.25, 0.3) is 0 Å². The van der Waals surface area contributed by atoms with Gasteiger partial charge in [-0.2, -0.15) is 0 Å². The summed E-state index contributed by atoms with van der Waals surface area (Å²) in [6.07, 6.45) is 7.50. The molecule has 6 rings (SSSR count). The molecule has 1 nitrogen and oxygen atoms in total. The molecule has 0 radical (unpaired) electrons. The van der Waals surface area contributed by atoms with Crippen LogP contribution in [0.2, 0.25) is 0 Å². The summed E-state index contributed by atoms with van der Waals surface area (Å²) in [7, 11) is 0. The number of rotatable bonds is 5. The summed E-state index contributed by atoms with van der Waals surface area (Å²) in [4.78, 5) is 0.798. The van der Waals surface area contributed by atoms with Crippen molar-refractivity contribution < 1.29 is 0 Å². The predicted molar refractivity (Wildman–Crippen MR) is 111 cm³/mol. The number of thiocarbonyl (C=S) groups is 1. The van der Waals surface area contributed by atoms with Crippen molar-refractivity contribution in [1.82, 2.24) is 0 Å². The van der Waals surface area contributed by atoms with E-state index in [0.29, 0.717) is 11.3 Å². The Morgan fingerprint density at radius 2 is 1.65 bits per heavy atom. The lowest BCUT2D eigenvalue weighted by molar-refractivity contribution is 0.156. The molecule has 134 valence electrons. The first-order chi connectivity index (χ1) is 12.6. The lowest BCUT2D eigenvalue weighted by Crippen LogP contribution is -2.40. The van der Waals surface area contributed by atoms with E-state index in [2.05, 4.69) is 60.7 Å². The molecule has 0 aromatic heterocycles. The van der Waals surface area contributed by atoms with Gasteiger partial charge in [-0.15, -0.1) is 0 Å². The van der Waals surface area contributed by atoms with Crippen molar-refractivity contribution in [3.63, 3.8) is 0 Å². The molecular weight excluding hydrogens is 334 g/mol. The quantitative estimate of drug-likeness (QED) is 0.733. The zero-order valence-electron chi connectivity index (χ0n) is 15.2. The molecule has 0 heterocycles. The molecule has 4 fully saturated rings. The van der Waals surface area contributed by atoms with Gasteiger partial charge in [0.05, 0.1) is 4.99 Å². The van der Waals surface area contributed by atoms with Crippen LogP contribution < -0.4 is 5.73 Å². The van der Waals surface area contributed by atoms with Gasteiger partial charge in [0.2, 0.25) is 0 Å². The summed E-state index contributed by atoms with van der Waals surface area (Å²) >= 11 is 5.67. The Kier molecular flexibility index (Phi) is 3.76. The van der Waals surface area contributed by atoms with Gasteiger partial charge in [-0.1, -0.05) is 72.9 Å². The Morgan fingerprint density at radius 1 is 0.962 bits per heavy atom. The van der Waals surface area contributed by atoms with Crippen LogP contribution in [0.15, 0.2) is 60.7 Å². The van der Waals surface area contributed by atoms with E-state index in [1.165, 1.54) is 49.7 Å². The van der Waals surface area contributed by atoms with E-state index in [1.807, 2.05) is 0 Å². The van der Waals surface area contributed by atoms with Crippen molar-refractivity contribution in [3.8, 4) is 0 Å². The second-order valence-electron chi connectivity index (χ2n) is 9.01. The van der Waals surface area contributed by atoms with E-state index in [-0.39, 0.29) is 5.41 Å². The van der Waals surface area contributed by atoms with Gasteiger partial charge in [0, 0.05) is 5.41 Å². The number of benzene rings is 2. The summed E-state index contributed by atoms with van der Waals surface area (Å²) in [5.41, 5.74) is 9.82. The van der Waals surface area contributed by atoms with E-state index in [9.17, 15) is 0 Å². The smallest absolute Gasteiger partial charge is 0.0793 e. The van der Waals surface area contributed by atoms with Crippen molar-refractivity contribution in [3.05, 3.63) is 71.8 Å². The second kappa shape index (κ2) is 5.92. The first-order valence-corrected chi connectivity index (χ1v) is 10.4. The van der Waals surface area contributed by atoms with Crippen LogP contribution in [0.1, 0.15) is 43.2 Å². The fourth-order valence-corrected chi connectivity index (χ4v) is 7.26. The van der Waals surface area contributed by atoms with Crippen LogP contribution in [-0.2, 0) is 11.8 Å². The SMILES string of the molecule is NC(=S)C12CC3CC(c4ccccc4)(CC1C3CCc1ccccc1)C2. The third kappa shape index (κ3) is 2.31. The van der Waals surface area contributed by atoms with Gasteiger partial charge in [-0.3, -0.25) is 0 Å². The molecule has 0 aliphatic heterocycles. The van der Waals surface area contributed by atoms with E-state index in [0.717, 1.165) is 16.8 Å². The topological polar surface area (TPSA) is 26.0 Å². The standard InChI is InChI=1S/C24H27NS/c25-22(26)24-14-18-13-23(16-24,19-9-5-2-6-10-19)15-21(24)20(18)12-11-17-7-3-1-4-8-17/h1-10,18,20-21H,11-16H2,(H2,25,26). The van der Waals surface area contributed by atoms with E-state index in [4.69, 9.17) is 18.0 Å². The van der Waals surface area contributed by atoms with Crippen LogP contribution in [0.4, 0.5) is 0 Å². The van der Waals surface area contributed by atoms with Gasteiger partial charge in [-0.05, 0) is 72.8 Å². The molecule has 4 aliphatic rings. The predicted octanol–water partition coefficient (Wildman–Crippen LogP) is 5.28. The molecule has 2 N–H and O–H groups in total. The van der Waals surface area contributed by atoms with Crippen molar-refractivity contribution in [2.75, 3.05) is 0 Å². The molecule has 2 aromatic rings. The van der Waals surface area contributed by atoms with Crippen molar-refractivity contribution >= 4 is 17.2 Å². The van der Waals surface area contributed by atoms with Crippen LogP contribution in [0, 0.1) is 23.2 Å². The van der Waals surface area contributed by atoms with Gasteiger partial charge in [0.25, 0.3) is 0 Å². The summed E-state index contributed by atoms with van der Waals surface area (Å²) in [6.45, 7) is 0. The third-order valence-corrected chi connectivity index (χ3v) is 8.27. The molecule has 0 amide bonds. The molecule has 4 saturated carbocycles. The van der Waals surface area contributed by atoms with Crippen LogP contribution in [0.5, 0.6) is 0 Å². The van der Waals surface area contributed by atoms with E-state index in [1.54, 1.807) is 0 Å². The minimum Gasteiger partial charge on any atom is -0.393 e. The summed E-state index contributed by atoms with van der Waals surface area (Å²) in [6, 6.07) is 22.1. The van der Waals surface area contributed by atoms with Crippen LogP contribution in [-0.4, -0.2) is 4.99 Å². The zero-order valence-corrected chi connectivity index (χ0v) is 16.1. The molecule has 2 heteroatoms. The molecule has 5 atom stereocenters. The zero-order chi connectivity index (χ0) is 17.8. The Morgan fingerprint density at radius 3 is 2.35 bits per heavy atom. The largest absolute Gasteiger partial charge is 0.393 e. The van der Waals surface area contributed by atoms with Crippen molar-refractivity contribution in [1.29, 1.82) is 0 Å². The number of hydrogen-bond donors (Lipinski definition) is 1.